The number of H-pyrrole nitrogens is 1. The molecule has 2 rings (SSSR count). The molecule has 0 radical (unpaired) electrons. The highest BCUT2D eigenvalue weighted by molar-refractivity contribution is 5.91. The van der Waals surface area contributed by atoms with Crippen molar-refractivity contribution in [3.05, 3.63) is 36.5 Å². The summed E-state index contributed by atoms with van der Waals surface area (Å²) in [4.78, 5) is 11.8. The second-order valence-corrected chi connectivity index (χ2v) is 5.83. The van der Waals surface area contributed by atoms with Gasteiger partial charge in [-0.15, -0.1) is 0 Å². The maximum Gasteiger partial charge on any atom is 0.224 e. The Morgan fingerprint density at radius 1 is 1.21 bits per heavy atom. The molecule has 0 aliphatic carbocycles. The highest BCUT2D eigenvalue weighted by atomic mass is 16.1. The first-order valence-corrected chi connectivity index (χ1v) is 6.34. The molecule has 0 saturated heterocycles. The highest BCUT2D eigenvalue weighted by Gasteiger charge is 2.15. The zero-order valence-corrected chi connectivity index (χ0v) is 11.5. The molecule has 1 amide bonds. The van der Waals surface area contributed by atoms with Gasteiger partial charge >= 0.3 is 0 Å². The second-order valence-electron chi connectivity index (χ2n) is 5.83. The zero-order valence-electron chi connectivity index (χ0n) is 11.5. The molecule has 19 heavy (non-hydrogen) atoms. The van der Waals surface area contributed by atoms with Gasteiger partial charge in [-0.05, 0) is 29.2 Å². The molecule has 100 valence electrons. The van der Waals surface area contributed by atoms with E-state index in [0.29, 0.717) is 6.42 Å². The molecule has 1 aromatic heterocycles. The number of carbonyl (C=O) groups is 1. The van der Waals surface area contributed by atoms with E-state index in [0.717, 1.165) is 16.9 Å². The van der Waals surface area contributed by atoms with Crippen LogP contribution in [-0.2, 0) is 4.79 Å². The number of benzene rings is 1. The minimum Gasteiger partial charge on any atom is -0.326 e. The number of nitrogens with zero attached hydrogens (tertiary/aromatic N) is 1. The maximum atomic E-state index is 11.8. The van der Waals surface area contributed by atoms with Crippen LogP contribution < -0.4 is 5.32 Å². The van der Waals surface area contributed by atoms with Gasteiger partial charge in [0, 0.05) is 18.3 Å². The number of anilines is 1. The van der Waals surface area contributed by atoms with Gasteiger partial charge in [0.05, 0.1) is 5.69 Å². The number of aromatic nitrogens is 2. The third-order valence-electron chi connectivity index (χ3n) is 2.67. The fraction of sp³-hybridized carbons (Fsp3) is 0.333. The maximum absolute atomic E-state index is 11.8. The lowest BCUT2D eigenvalue weighted by Gasteiger charge is -2.17. The van der Waals surface area contributed by atoms with Crippen molar-refractivity contribution in [3.8, 4) is 11.3 Å². The Labute approximate surface area is 113 Å². The summed E-state index contributed by atoms with van der Waals surface area (Å²) in [6.45, 7) is 6.15. The first-order chi connectivity index (χ1) is 8.94. The Morgan fingerprint density at radius 3 is 2.42 bits per heavy atom. The van der Waals surface area contributed by atoms with E-state index in [1.807, 2.05) is 51.1 Å². The zero-order chi connectivity index (χ0) is 13.9. The molecule has 0 aliphatic heterocycles. The lowest BCUT2D eigenvalue weighted by molar-refractivity contribution is -0.117. The second kappa shape index (κ2) is 5.26. The number of hydrogen-bond donors (Lipinski definition) is 2. The van der Waals surface area contributed by atoms with Gasteiger partial charge < -0.3 is 5.32 Å². The molecule has 4 heteroatoms. The van der Waals surface area contributed by atoms with E-state index in [1.165, 1.54) is 0 Å². The molecule has 0 aliphatic rings. The molecular weight excluding hydrogens is 238 g/mol. The van der Waals surface area contributed by atoms with Crippen molar-refractivity contribution < 1.29 is 4.79 Å². The number of aromatic amines is 1. The van der Waals surface area contributed by atoms with Gasteiger partial charge in [-0.3, -0.25) is 9.89 Å². The van der Waals surface area contributed by atoms with Gasteiger partial charge in [0.15, 0.2) is 0 Å². The van der Waals surface area contributed by atoms with Gasteiger partial charge in [0.2, 0.25) is 5.91 Å². The number of carbonyl (C=O) groups excluding carboxylic acids is 1. The van der Waals surface area contributed by atoms with Crippen molar-refractivity contribution in [2.75, 3.05) is 5.32 Å². The summed E-state index contributed by atoms with van der Waals surface area (Å²) < 4.78 is 0. The monoisotopic (exact) mass is 257 g/mol. The van der Waals surface area contributed by atoms with E-state index in [1.54, 1.807) is 6.20 Å². The summed E-state index contributed by atoms with van der Waals surface area (Å²) in [7, 11) is 0. The summed E-state index contributed by atoms with van der Waals surface area (Å²) >= 11 is 0. The highest BCUT2D eigenvalue weighted by Crippen LogP contribution is 2.21. The van der Waals surface area contributed by atoms with E-state index < -0.39 is 0 Å². The molecule has 0 saturated carbocycles. The van der Waals surface area contributed by atoms with Crippen molar-refractivity contribution in [2.24, 2.45) is 5.41 Å². The summed E-state index contributed by atoms with van der Waals surface area (Å²) in [6.07, 6.45) is 2.23. The van der Waals surface area contributed by atoms with Crippen LogP contribution >= 0.6 is 0 Å². The standard InChI is InChI=1S/C15H19N3O/c1-15(2,3)10-14(19)17-12-6-4-11(5-7-12)13-8-9-16-18-13/h4-9H,10H2,1-3H3,(H,16,18)(H,17,19). The Kier molecular flexibility index (Phi) is 3.69. The predicted octanol–water partition coefficient (Wildman–Crippen LogP) is 3.45. The molecular formula is C15H19N3O. The Bertz CT molecular complexity index is 536. The van der Waals surface area contributed by atoms with Crippen molar-refractivity contribution in [1.29, 1.82) is 0 Å². The first kappa shape index (κ1) is 13.3. The van der Waals surface area contributed by atoms with Gasteiger partial charge in [-0.2, -0.15) is 5.10 Å². The summed E-state index contributed by atoms with van der Waals surface area (Å²) in [5.41, 5.74) is 2.83. The smallest absolute Gasteiger partial charge is 0.224 e. The topological polar surface area (TPSA) is 57.8 Å². The molecule has 1 heterocycles. The molecule has 2 N–H and O–H groups in total. The van der Waals surface area contributed by atoms with Gasteiger partial charge in [0.1, 0.15) is 0 Å². The molecule has 0 bridgehead atoms. The van der Waals surface area contributed by atoms with Crippen molar-refractivity contribution in [3.63, 3.8) is 0 Å². The van der Waals surface area contributed by atoms with Crippen LogP contribution in [0.2, 0.25) is 0 Å². The first-order valence-electron chi connectivity index (χ1n) is 6.34. The largest absolute Gasteiger partial charge is 0.326 e. The van der Waals surface area contributed by atoms with Crippen LogP contribution in [0.5, 0.6) is 0 Å². The Morgan fingerprint density at radius 2 is 1.89 bits per heavy atom. The molecule has 2 aromatic rings. The van der Waals surface area contributed by atoms with Gasteiger partial charge in [-0.1, -0.05) is 32.9 Å². The van der Waals surface area contributed by atoms with Crippen LogP contribution in [0, 0.1) is 5.41 Å². The minimum absolute atomic E-state index is 0.0000575. The van der Waals surface area contributed by atoms with E-state index in [9.17, 15) is 4.79 Å². The fourth-order valence-corrected chi connectivity index (χ4v) is 1.84. The average molecular weight is 257 g/mol. The molecule has 0 spiro atoms. The van der Waals surface area contributed by atoms with Crippen LogP contribution in [0.3, 0.4) is 0 Å². The lowest BCUT2D eigenvalue weighted by atomic mass is 9.92. The average Bonchev–Trinajstić information content (AvgIpc) is 2.80. The minimum atomic E-state index is -0.0000575. The SMILES string of the molecule is CC(C)(C)CC(=O)Nc1ccc(-c2ccn[nH]2)cc1. The molecule has 0 unspecified atom stereocenters. The van der Waals surface area contributed by atoms with Crippen LogP contribution in [0.25, 0.3) is 11.3 Å². The van der Waals surface area contributed by atoms with Crippen molar-refractivity contribution in [1.82, 2.24) is 10.2 Å². The summed E-state index contributed by atoms with van der Waals surface area (Å²) in [5, 5.41) is 9.73. The normalized spacial score (nSPS) is 11.3. The molecule has 0 fully saturated rings. The van der Waals surface area contributed by atoms with Crippen LogP contribution in [0.15, 0.2) is 36.5 Å². The van der Waals surface area contributed by atoms with Crippen LogP contribution in [0.4, 0.5) is 5.69 Å². The number of rotatable bonds is 3. The molecule has 4 nitrogen and oxygen atoms in total. The van der Waals surface area contributed by atoms with Gasteiger partial charge in [-0.25, -0.2) is 0 Å². The van der Waals surface area contributed by atoms with E-state index in [2.05, 4.69) is 15.5 Å². The third kappa shape index (κ3) is 3.95. The lowest BCUT2D eigenvalue weighted by Crippen LogP contribution is -2.19. The number of hydrogen-bond acceptors (Lipinski definition) is 2. The Hall–Kier alpha value is -2.10. The summed E-state index contributed by atoms with van der Waals surface area (Å²) in [6, 6.07) is 9.63. The van der Waals surface area contributed by atoms with Crippen LogP contribution in [0.1, 0.15) is 27.2 Å². The number of nitrogens with one attached hydrogen (secondary N) is 2. The Balaban J connectivity index is 2.01. The van der Waals surface area contributed by atoms with Crippen molar-refractivity contribution >= 4 is 11.6 Å². The van der Waals surface area contributed by atoms with Crippen molar-refractivity contribution in [2.45, 2.75) is 27.2 Å². The van der Waals surface area contributed by atoms with E-state index >= 15 is 0 Å². The van der Waals surface area contributed by atoms with E-state index in [4.69, 9.17) is 0 Å². The molecule has 1 aromatic carbocycles. The van der Waals surface area contributed by atoms with E-state index in [-0.39, 0.29) is 11.3 Å². The third-order valence-corrected chi connectivity index (χ3v) is 2.67. The summed E-state index contributed by atoms with van der Waals surface area (Å²) in [5.74, 6) is 0.0433. The van der Waals surface area contributed by atoms with Crippen LogP contribution in [-0.4, -0.2) is 16.1 Å². The fourth-order valence-electron chi connectivity index (χ4n) is 1.84. The quantitative estimate of drug-likeness (QED) is 0.884. The van der Waals surface area contributed by atoms with Gasteiger partial charge in [0.25, 0.3) is 0 Å². The number of amides is 1. The predicted molar refractivity (Wildman–Crippen MR) is 76.7 cm³/mol. The molecule has 0 atom stereocenters.